The second-order valence-corrected chi connectivity index (χ2v) is 14.3. The van der Waals surface area contributed by atoms with Crippen LogP contribution in [0.5, 0.6) is 0 Å². The van der Waals surface area contributed by atoms with Crippen molar-refractivity contribution < 1.29 is 8.42 Å². The topological polar surface area (TPSA) is 103 Å². The number of benzene rings is 3. The van der Waals surface area contributed by atoms with E-state index in [-0.39, 0.29) is 7.43 Å². The lowest BCUT2D eigenvalue weighted by atomic mass is 9.82. The molecule has 0 atom stereocenters. The van der Waals surface area contributed by atoms with E-state index in [9.17, 15) is 8.42 Å². The Morgan fingerprint density at radius 2 is 1.45 bits per heavy atom. The van der Waals surface area contributed by atoms with Crippen LogP contribution in [0.15, 0.2) is 90.0 Å². The van der Waals surface area contributed by atoms with Crippen LogP contribution >= 0.6 is 0 Å². The van der Waals surface area contributed by atoms with Gasteiger partial charge in [-0.15, -0.1) is 0 Å². The zero-order chi connectivity index (χ0) is 32.1. The number of sulfonamides is 1. The molecule has 1 fully saturated rings. The first-order chi connectivity index (χ1) is 22.3. The fourth-order valence-electron chi connectivity index (χ4n) is 6.43. The molecule has 10 heteroatoms. The number of fused-ring (bicyclic) bond motifs is 2. The first kappa shape index (κ1) is 34.1. The van der Waals surface area contributed by atoms with Gasteiger partial charge in [0.05, 0.1) is 10.4 Å². The quantitative estimate of drug-likeness (QED) is 0.152. The summed E-state index contributed by atoms with van der Waals surface area (Å²) in [5.74, 6) is 2.34. The van der Waals surface area contributed by atoms with Crippen molar-refractivity contribution in [1.82, 2.24) is 19.7 Å². The van der Waals surface area contributed by atoms with Gasteiger partial charge < -0.3 is 15.1 Å². The van der Waals surface area contributed by atoms with Gasteiger partial charge in [-0.25, -0.2) is 18.1 Å². The summed E-state index contributed by atoms with van der Waals surface area (Å²) in [6.45, 7) is 2.04. The zero-order valence-corrected chi connectivity index (χ0v) is 27.7. The Labute approximate surface area is 279 Å². The van der Waals surface area contributed by atoms with Crippen LogP contribution in [0.4, 0.5) is 17.5 Å². The lowest BCUT2D eigenvalue weighted by Gasteiger charge is -2.29. The van der Waals surface area contributed by atoms with Crippen LogP contribution in [0.3, 0.4) is 0 Å². The van der Waals surface area contributed by atoms with Crippen molar-refractivity contribution in [3.05, 3.63) is 90.8 Å². The Morgan fingerprint density at radius 1 is 0.766 bits per heavy atom. The van der Waals surface area contributed by atoms with Gasteiger partial charge >= 0.3 is 0 Å². The number of hydrogen-bond donors (Lipinski definition) is 2. The average Bonchev–Trinajstić information content (AvgIpc) is 3.08. The van der Waals surface area contributed by atoms with Crippen molar-refractivity contribution >= 4 is 49.2 Å². The lowest BCUT2D eigenvalue weighted by Crippen LogP contribution is -2.32. The molecule has 0 spiro atoms. The predicted molar refractivity (Wildman–Crippen MR) is 195 cm³/mol. The van der Waals surface area contributed by atoms with Gasteiger partial charge in [-0.05, 0) is 73.9 Å². The van der Waals surface area contributed by atoms with Gasteiger partial charge in [-0.3, -0.25) is 4.98 Å². The summed E-state index contributed by atoms with van der Waals surface area (Å²) in [6, 6.07) is 25.4. The molecular weight excluding hydrogens is 607 g/mol. The molecule has 1 saturated carbocycles. The molecular formula is C37H47N7O2S. The third-order valence-electron chi connectivity index (χ3n) is 9.08. The molecule has 0 aliphatic heterocycles. The SMILES string of the molecule is C.CN(C)c1cccc2c(S(=O)(=O)NCC3CCC(CNc4nc(N(C)CCc5ccccn5)c5ccccc5n4)CC3)cccc12. The molecule has 0 bridgehead atoms. The Kier molecular flexibility index (Phi) is 10.9. The summed E-state index contributed by atoms with van der Waals surface area (Å²) in [7, 11) is 2.36. The molecule has 0 saturated heterocycles. The van der Waals surface area contributed by atoms with Crippen LogP contribution in [0.25, 0.3) is 21.7 Å². The number of anilines is 3. The van der Waals surface area contributed by atoms with E-state index in [1.807, 2.05) is 85.9 Å². The molecule has 2 N–H and O–H groups in total. The monoisotopic (exact) mass is 653 g/mol. The largest absolute Gasteiger partial charge is 0.377 e. The maximum atomic E-state index is 13.4. The van der Waals surface area contributed by atoms with Crippen molar-refractivity contribution in [3.63, 3.8) is 0 Å². The molecule has 248 valence electrons. The minimum Gasteiger partial charge on any atom is -0.377 e. The van der Waals surface area contributed by atoms with Crippen molar-refractivity contribution in [2.75, 3.05) is 55.9 Å². The predicted octanol–water partition coefficient (Wildman–Crippen LogP) is 6.76. The van der Waals surface area contributed by atoms with E-state index in [0.29, 0.717) is 29.2 Å². The van der Waals surface area contributed by atoms with Gasteiger partial charge in [0.1, 0.15) is 5.82 Å². The van der Waals surface area contributed by atoms with E-state index < -0.39 is 10.0 Å². The number of nitrogens with zero attached hydrogens (tertiary/aromatic N) is 5. The Hall–Kier alpha value is -4.28. The van der Waals surface area contributed by atoms with E-state index in [2.05, 4.69) is 39.1 Å². The standard InChI is InChI=1S/C36H43N7O2S.CH4/c1-42(2)33-15-8-13-30-29(33)12-9-16-34(30)46(44,45)39-25-27-19-17-26(18-20-27)24-38-36-40-32-14-5-4-11-31(32)35(41-36)43(3)23-21-28-10-6-7-22-37-28;/h4-16,22,26-27,39H,17-21,23-25H2,1-3H3,(H,38,40,41);1H4. The fourth-order valence-corrected chi connectivity index (χ4v) is 7.77. The summed E-state index contributed by atoms with van der Waals surface area (Å²) in [5.41, 5.74) is 2.97. The molecule has 47 heavy (non-hydrogen) atoms. The van der Waals surface area contributed by atoms with Gasteiger partial charge in [0.15, 0.2) is 0 Å². The smallest absolute Gasteiger partial charge is 0.241 e. The Morgan fingerprint density at radius 3 is 2.19 bits per heavy atom. The van der Waals surface area contributed by atoms with Crippen LogP contribution in [0.1, 0.15) is 38.8 Å². The van der Waals surface area contributed by atoms with Crippen molar-refractivity contribution in [3.8, 4) is 0 Å². The first-order valence-electron chi connectivity index (χ1n) is 16.1. The summed E-state index contributed by atoms with van der Waals surface area (Å²) in [5, 5.41) is 6.23. The second-order valence-electron chi connectivity index (χ2n) is 12.5. The fraction of sp³-hybridized carbons (Fsp3) is 0.378. The Balaban J connectivity index is 0.00000433. The molecule has 2 aromatic heterocycles. The highest BCUT2D eigenvalue weighted by molar-refractivity contribution is 7.89. The first-order valence-corrected chi connectivity index (χ1v) is 17.6. The van der Waals surface area contributed by atoms with Crippen LogP contribution in [-0.2, 0) is 16.4 Å². The normalized spacial score (nSPS) is 16.5. The summed E-state index contributed by atoms with van der Waals surface area (Å²) < 4.78 is 29.8. The van der Waals surface area contributed by atoms with Crippen LogP contribution in [0.2, 0.25) is 0 Å². The van der Waals surface area contributed by atoms with Crippen molar-refractivity contribution in [1.29, 1.82) is 0 Å². The van der Waals surface area contributed by atoms with Crippen LogP contribution < -0.4 is 19.8 Å². The van der Waals surface area contributed by atoms with Crippen molar-refractivity contribution in [2.24, 2.45) is 11.8 Å². The number of para-hydroxylation sites is 1. The molecule has 0 amide bonds. The molecule has 1 aliphatic rings. The maximum absolute atomic E-state index is 13.4. The van der Waals surface area contributed by atoms with E-state index in [1.165, 1.54) is 0 Å². The third kappa shape index (κ3) is 8.00. The van der Waals surface area contributed by atoms with E-state index in [0.717, 1.165) is 84.1 Å². The summed E-state index contributed by atoms with van der Waals surface area (Å²) >= 11 is 0. The molecule has 0 radical (unpaired) electrons. The van der Waals surface area contributed by atoms with Gasteiger partial charge in [0.25, 0.3) is 0 Å². The van der Waals surface area contributed by atoms with Gasteiger partial charge in [0.2, 0.25) is 16.0 Å². The molecule has 0 unspecified atom stereocenters. The molecule has 9 nitrogen and oxygen atoms in total. The highest BCUT2D eigenvalue weighted by Gasteiger charge is 2.25. The number of hydrogen-bond acceptors (Lipinski definition) is 8. The lowest BCUT2D eigenvalue weighted by molar-refractivity contribution is 0.284. The second kappa shape index (κ2) is 15.1. The number of nitrogens with one attached hydrogen (secondary N) is 2. The van der Waals surface area contributed by atoms with E-state index in [4.69, 9.17) is 9.97 Å². The van der Waals surface area contributed by atoms with E-state index in [1.54, 1.807) is 6.07 Å². The third-order valence-corrected chi connectivity index (χ3v) is 10.6. The minimum atomic E-state index is -3.64. The van der Waals surface area contributed by atoms with Gasteiger partial charge in [-0.2, -0.15) is 4.98 Å². The van der Waals surface area contributed by atoms with Crippen LogP contribution in [0, 0.1) is 11.8 Å². The average molecular weight is 654 g/mol. The molecule has 1 aliphatic carbocycles. The highest BCUT2D eigenvalue weighted by atomic mass is 32.2. The number of aromatic nitrogens is 3. The number of pyridine rings is 1. The van der Waals surface area contributed by atoms with Gasteiger partial charge in [0, 0.05) is 80.9 Å². The number of rotatable bonds is 12. The van der Waals surface area contributed by atoms with Crippen molar-refractivity contribution in [2.45, 2.75) is 44.4 Å². The highest BCUT2D eigenvalue weighted by Crippen LogP contribution is 2.32. The van der Waals surface area contributed by atoms with Crippen LogP contribution in [-0.4, -0.2) is 64.1 Å². The zero-order valence-electron chi connectivity index (χ0n) is 26.9. The maximum Gasteiger partial charge on any atom is 0.241 e. The molecule has 2 heterocycles. The molecule has 3 aromatic carbocycles. The Bertz CT molecular complexity index is 1890. The van der Waals surface area contributed by atoms with Gasteiger partial charge in [-0.1, -0.05) is 49.9 Å². The molecule has 6 rings (SSSR count). The summed E-state index contributed by atoms with van der Waals surface area (Å²) in [4.78, 5) is 18.7. The summed E-state index contributed by atoms with van der Waals surface area (Å²) in [6.07, 6.45) is 6.69. The number of likely N-dealkylation sites (N-methyl/N-ethyl adjacent to an activating group) is 1. The van der Waals surface area contributed by atoms with E-state index >= 15 is 0 Å². The minimum absolute atomic E-state index is 0. The molecule has 5 aromatic rings.